The van der Waals surface area contributed by atoms with Crippen molar-refractivity contribution in [2.45, 2.75) is 13.8 Å². The molecule has 0 aromatic carbocycles. The number of aromatic nitrogens is 4. The molecule has 0 unspecified atom stereocenters. The normalized spacial score (nSPS) is 10.0. The standard InChI is InChI=1S/C10H10N5/c1-7-3-5-11-14-9(7)13-10-8(2)4-6-12-15-10/h3-6H,1-2H3. The Labute approximate surface area is 87.6 Å². The van der Waals surface area contributed by atoms with Gasteiger partial charge in [0.15, 0.2) is 11.6 Å². The van der Waals surface area contributed by atoms with Crippen molar-refractivity contribution >= 4 is 11.6 Å². The van der Waals surface area contributed by atoms with Crippen molar-refractivity contribution in [3.63, 3.8) is 0 Å². The summed E-state index contributed by atoms with van der Waals surface area (Å²) >= 11 is 0. The van der Waals surface area contributed by atoms with Crippen LogP contribution in [-0.2, 0) is 0 Å². The van der Waals surface area contributed by atoms with Gasteiger partial charge in [0, 0.05) is 0 Å². The van der Waals surface area contributed by atoms with Gasteiger partial charge in [-0.3, -0.25) is 0 Å². The molecule has 2 aromatic heterocycles. The molecule has 15 heavy (non-hydrogen) atoms. The van der Waals surface area contributed by atoms with Crippen molar-refractivity contribution in [2.24, 2.45) is 0 Å². The second-order valence-electron chi connectivity index (χ2n) is 3.19. The summed E-state index contributed by atoms with van der Waals surface area (Å²) in [6.07, 6.45) is 3.27. The molecule has 0 aliphatic carbocycles. The Kier molecular flexibility index (Phi) is 2.53. The maximum atomic E-state index is 4.29. The zero-order valence-corrected chi connectivity index (χ0v) is 8.55. The Morgan fingerprint density at radius 1 is 0.867 bits per heavy atom. The van der Waals surface area contributed by atoms with E-state index < -0.39 is 0 Å². The minimum atomic E-state index is 0.584. The topological polar surface area (TPSA) is 65.7 Å². The lowest BCUT2D eigenvalue weighted by Gasteiger charge is -2.04. The summed E-state index contributed by atoms with van der Waals surface area (Å²) in [5, 5.41) is 19.7. The van der Waals surface area contributed by atoms with Gasteiger partial charge in [-0.05, 0) is 37.1 Å². The van der Waals surface area contributed by atoms with Crippen LogP contribution in [0.15, 0.2) is 24.5 Å². The lowest BCUT2D eigenvalue weighted by Crippen LogP contribution is -2.01. The summed E-state index contributed by atoms with van der Waals surface area (Å²) in [7, 11) is 0. The lowest BCUT2D eigenvalue weighted by molar-refractivity contribution is 0.897. The van der Waals surface area contributed by atoms with Gasteiger partial charge in [-0.1, -0.05) is 0 Å². The van der Waals surface area contributed by atoms with Crippen molar-refractivity contribution in [1.29, 1.82) is 0 Å². The van der Waals surface area contributed by atoms with Gasteiger partial charge in [0.1, 0.15) is 0 Å². The Morgan fingerprint density at radius 3 is 1.73 bits per heavy atom. The van der Waals surface area contributed by atoms with E-state index in [1.54, 1.807) is 12.4 Å². The minimum Gasteiger partial charge on any atom is -0.205 e. The molecule has 1 radical (unpaired) electrons. The quantitative estimate of drug-likeness (QED) is 0.735. The average Bonchev–Trinajstić information content (AvgIpc) is 2.24. The molecular formula is C10H10N5. The van der Waals surface area contributed by atoms with Crippen LogP contribution in [0, 0.1) is 13.8 Å². The lowest BCUT2D eigenvalue weighted by atomic mass is 10.3. The highest BCUT2D eigenvalue weighted by atomic mass is 15.2. The highest BCUT2D eigenvalue weighted by Crippen LogP contribution is 2.17. The van der Waals surface area contributed by atoms with Crippen LogP contribution in [0.3, 0.4) is 0 Å². The molecule has 2 aromatic rings. The van der Waals surface area contributed by atoms with Crippen molar-refractivity contribution in [3.05, 3.63) is 35.7 Å². The Balaban J connectivity index is 2.30. The highest BCUT2D eigenvalue weighted by molar-refractivity contribution is 5.46. The molecule has 2 rings (SSSR count). The summed E-state index contributed by atoms with van der Waals surface area (Å²) in [6, 6.07) is 3.72. The molecule has 0 saturated carbocycles. The number of aryl methyl sites for hydroxylation is 2. The fourth-order valence-corrected chi connectivity index (χ4v) is 1.09. The predicted molar refractivity (Wildman–Crippen MR) is 55.0 cm³/mol. The van der Waals surface area contributed by atoms with E-state index in [0.717, 1.165) is 11.1 Å². The van der Waals surface area contributed by atoms with Crippen molar-refractivity contribution in [3.8, 4) is 0 Å². The van der Waals surface area contributed by atoms with Gasteiger partial charge in [0.05, 0.1) is 12.4 Å². The first-order valence-corrected chi connectivity index (χ1v) is 4.55. The van der Waals surface area contributed by atoms with E-state index in [2.05, 4.69) is 25.7 Å². The van der Waals surface area contributed by atoms with E-state index in [4.69, 9.17) is 0 Å². The van der Waals surface area contributed by atoms with Gasteiger partial charge >= 0.3 is 0 Å². The minimum absolute atomic E-state index is 0.584. The third-order valence-electron chi connectivity index (χ3n) is 2.00. The zero-order valence-electron chi connectivity index (χ0n) is 8.55. The largest absolute Gasteiger partial charge is 0.205 e. The number of nitrogens with zero attached hydrogens (tertiary/aromatic N) is 5. The smallest absolute Gasteiger partial charge is 0.179 e. The van der Waals surface area contributed by atoms with Gasteiger partial charge in [-0.25, -0.2) is 5.32 Å². The van der Waals surface area contributed by atoms with Gasteiger partial charge in [0.2, 0.25) is 0 Å². The van der Waals surface area contributed by atoms with Gasteiger partial charge < -0.3 is 0 Å². The van der Waals surface area contributed by atoms with E-state index >= 15 is 0 Å². The SMILES string of the molecule is Cc1ccnnc1[N]c1nnccc1C. The van der Waals surface area contributed by atoms with Crippen LogP contribution < -0.4 is 5.32 Å². The molecule has 0 saturated heterocycles. The van der Waals surface area contributed by atoms with E-state index in [-0.39, 0.29) is 0 Å². The van der Waals surface area contributed by atoms with Crippen LogP contribution in [-0.4, -0.2) is 20.4 Å². The van der Waals surface area contributed by atoms with Crippen LogP contribution in [0.4, 0.5) is 11.6 Å². The summed E-state index contributed by atoms with van der Waals surface area (Å²) < 4.78 is 0. The molecule has 0 aliphatic heterocycles. The van der Waals surface area contributed by atoms with E-state index in [1.807, 2.05) is 26.0 Å². The zero-order chi connectivity index (χ0) is 10.7. The second kappa shape index (κ2) is 4.00. The first kappa shape index (κ1) is 9.51. The predicted octanol–water partition coefficient (Wildman–Crippen LogP) is 1.45. The molecule has 0 atom stereocenters. The van der Waals surface area contributed by atoms with Crippen LogP contribution in [0.25, 0.3) is 0 Å². The van der Waals surface area contributed by atoms with E-state index in [0.29, 0.717) is 11.6 Å². The van der Waals surface area contributed by atoms with Gasteiger partial charge in [0.25, 0.3) is 0 Å². The van der Waals surface area contributed by atoms with E-state index in [1.165, 1.54) is 0 Å². The number of hydrogen-bond donors (Lipinski definition) is 0. The monoisotopic (exact) mass is 200 g/mol. The maximum Gasteiger partial charge on any atom is 0.179 e. The first-order valence-electron chi connectivity index (χ1n) is 4.55. The fourth-order valence-electron chi connectivity index (χ4n) is 1.09. The highest BCUT2D eigenvalue weighted by Gasteiger charge is 2.06. The molecule has 2 heterocycles. The molecular weight excluding hydrogens is 190 g/mol. The summed E-state index contributed by atoms with van der Waals surface area (Å²) in [4.78, 5) is 0. The molecule has 0 N–H and O–H groups in total. The van der Waals surface area contributed by atoms with Crippen LogP contribution in [0.2, 0.25) is 0 Å². The van der Waals surface area contributed by atoms with E-state index in [9.17, 15) is 0 Å². The van der Waals surface area contributed by atoms with Crippen LogP contribution in [0.5, 0.6) is 0 Å². The molecule has 5 heteroatoms. The summed E-state index contributed by atoms with van der Waals surface area (Å²) in [5.41, 5.74) is 1.94. The third kappa shape index (κ3) is 2.07. The molecule has 0 spiro atoms. The average molecular weight is 200 g/mol. The fraction of sp³-hybridized carbons (Fsp3) is 0.200. The summed E-state index contributed by atoms with van der Waals surface area (Å²) in [5.74, 6) is 1.17. The van der Waals surface area contributed by atoms with Crippen LogP contribution in [0.1, 0.15) is 11.1 Å². The molecule has 5 nitrogen and oxygen atoms in total. The number of hydrogen-bond acceptors (Lipinski definition) is 4. The van der Waals surface area contributed by atoms with Crippen molar-refractivity contribution in [2.75, 3.05) is 0 Å². The molecule has 0 amide bonds. The Bertz CT molecular complexity index is 425. The van der Waals surface area contributed by atoms with Crippen LogP contribution >= 0.6 is 0 Å². The Morgan fingerprint density at radius 2 is 1.33 bits per heavy atom. The Hall–Kier alpha value is -2.04. The number of rotatable bonds is 2. The maximum absolute atomic E-state index is 4.29. The summed E-state index contributed by atoms with van der Waals surface area (Å²) in [6.45, 7) is 3.86. The second-order valence-corrected chi connectivity index (χ2v) is 3.19. The molecule has 0 aliphatic rings. The third-order valence-corrected chi connectivity index (χ3v) is 2.00. The first-order chi connectivity index (χ1) is 7.27. The molecule has 0 bridgehead atoms. The van der Waals surface area contributed by atoms with Crippen molar-refractivity contribution in [1.82, 2.24) is 25.7 Å². The molecule has 75 valence electrons. The van der Waals surface area contributed by atoms with Gasteiger partial charge in [-0.15, -0.1) is 10.2 Å². The van der Waals surface area contributed by atoms with Crippen molar-refractivity contribution < 1.29 is 0 Å². The molecule has 0 fully saturated rings. The van der Waals surface area contributed by atoms with Gasteiger partial charge in [-0.2, -0.15) is 10.2 Å².